The number of rotatable bonds is 5. The first-order valence-corrected chi connectivity index (χ1v) is 6.90. The van der Waals surface area contributed by atoms with Gasteiger partial charge in [-0.3, -0.25) is 4.79 Å². The number of carboxylic acid groups (broad SMARTS) is 1. The van der Waals surface area contributed by atoms with Gasteiger partial charge >= 0.3 is 5.97 Å². The normalized spacial score (nSPS) is 12.8. The molecular formula is C15H19N3O3. The molecule has 0 bridgehead atoms. The molecule has 1 aromatic carbocycles. The van der Waals surface area contributed by atoms with Crippen LogP contribution in [-0.4, -0.2) is 26.5 Å². The number of amides is 1. The van der Waals surface area contributed by atoms with Gasteiger partial charge in [0.05, 0.1) is 16.6 Å². The van der Waals surface area contributed by atoms with Gasteiger partial charge in [0.25, 0.3) is 0 Å². The number of benzene rings is 1. The largest absolute Gasteiger partial charge is 0.478 e. The molecule has 0 aliphatic rings. The Morgan fingerprint density at radius 3 is 2.52 bits per heavy atom. The number of primary amides is 1. The third kappa shape index (κ3) is 2.49. The summed E-state index contributed by atoms with van der Waals surface area (Å²) in [4.78, 5) is 27.8. The molecule has 112 valence electrons. The molecule has 1 unspecified atom stereocenters. The lowest BCUT2D eigenvalue weighted by Gasteiger charge is -2.22. The van der Waals surface area contributed by atoms with E-state index in [1.54, 1.807) is 16.7 Å². The number of aromatic nitrogens is 2. The number of aryl methyl sites for hydroxylation is 1. The second kappa shape index (κ2) is 5.55. The van der Waals surface area contributed by atoms with Gasteiger partial charge in [0.15, 0.2) is 0 Å². The first-order chi connectivity index (χ1) is 9.88. The van der Waals surface area contributed by atoms with Crippen LogP contribution < -0.4 is 5.73 Å². The number of nitrogens with two attached hydrogens (primary N) is 1. The Morgan fingerprint density at radius 1 is 1.38 bits per heavy atom. The molecule has 6 heteroatoms. The van der Waals surface area contributed by atoms with Gasteiger partial charge < -0.3 is 15.4 Å². The van der Waals surface area contributed by atoms with E-state index in [4.69, 9.17) is 5.73 Å². The van der Waals surface area contributed by atoms with Crippen LogP contribution in [0.15, 0.2) is 18.2 Å². The molecule has 0 spiro atoms. The molecule has 21 heavy (non-hydrogen) atoms. The molecule has 1 aromatic heterocycles. The van der Waals surface area contributed by atoms with Gasteiger partial charge in [-0.1, -0.05) is 26.8 Å². The fraction of sp³-hybridized carbons (Fsp3) is 0.400. The molecule has 1 atom stereocenters. The zero-order valence-corrected chi connectivity index (χ0v) is 12.3. The van der Waals surface area contributed by atoms with E-state index in [-0.39, 0.29) is 11.5 Å². The van der Waals surface area contributed by atoms with Crippen LogP contribution in [0.2, 0.25) is 0 Å². The Labute approximate surface area is 122 Å². The maximum atomic E-state index is 11.9. The molecule has 2 rings (SSSR count). The van der Waals surface area contributed by atoms with Gasteiger partial charge in [-0.25, -0.2) is 9.78 Å². The van der Waals surface area contributed by atoms with E-state index < -0.39 is 17.9 Å². The van der Waals surface area contributed by atoms with Crippen LogP contribution in [0.5, 0.6) is 0 Å². The molecule has 0 saturated carbocycles. The zero-order chi connectivity index (χ0) is 15.7. The first kappa shape index (κ1) is 15.0. The van der Waals surface area contributed by atoms with E-state index in [9.17, 15) is 14.7 Å². The first-order valence-electron chi connectivity index (χ1n) is 6.90. The minimum absolute atomic E-state index is 0.0629. The number of imidazole rings is 1. The van der Waals surface area contributed by atoms with Gasteiger partial charge in [-0.05, 0) is 18.1 Å². The summed E-state index contributed by atoms with van der Waals surface area (Å²) in [5, 5.41) is 9.39. The molecule has 1 amide bonds. The zero-order valence-electron chi connectivity index (χ0n) is 12.3. The molecule has 0 aliphatic heterocycles. The molecule has 6 nitrogen and oxygen atoms in total. The number of hydrogen-bond donors (Lipinski definition) is 2. The summed E-state index contributed by atoms with van der Waals surface area (Å²) in [6.45, 7) is 5.67. The molecule has 0 aliphatic carbocycles. The smallest absolute Gasteiger partial charge is 0.337 e. The van der Waals surface area contributed by atoms with Crippen LogP contribution in [0, 0.1) is 5.92 Å². The summed E-state index contributed by atoms with van der Waals surface area (Å²) in [6, 6.07) is 4.29. The van der Waals surface area contributed by atoms with Gasteiger partial charge in [-0.15, -0.1) is 0 Å². The highest BCUT2D eigenvalue weighted by atomic mass is 16.4. The van der Waals surface area contributed by atoms with Crippen LogP contribution in [0.4, 0.5) is 0 Å². The van der Waals surface area contributed by atoms with Crippen LogP contribution in [0.1, 0.15) is 43.0 Å². The number of carboxylic acids is 1. The summed E-state index contributed by atoms with van der Waals surface area (Å²) >= 11 is 0. The van der Waals surface area contributed by atoms with Crippen molar-refractivity contribution in [3.05, 3.63) is 29.6 Å². The predicted octanol–water partition coefficient (Wildman–Crippen LogP) is 1.98. The molecule has 0 saturated heterocycles. The fourth-order valence-electron chi connectivity index (χ4n) is 2.67. The van der Waals surface area contributed by atoms with E-state index in [2.05, 4.69) is 4.98 Å². The average molecular weight is 289 g/mol. The van der Waals surface area contributed by atoms with E-state index in [0.29, 0.717) is 23.3 Å². The van der Waals surface area contributed by atoms with Gasteiger partial charge in [0.1, 0.15) is 11.9 Å². The van der Waals surface area contributed by atoms with Gasteiger partial charge in [0, 0.05) is 6.42 Å². The number of carbonyl (C=O) groups excluding carboxylic acids is 1. The molecular weight excluding hydrogens is 270 g/mol. The van der Waals surface area contributed by atoms with E-state index in [0.717, 1.165) is 0 Å². The topological polar surface area (TPSA) is 98.2 Å². The molecule has 3 N–H and O–H groups in total. The molecule has 0 radical (unpaired) electrons. The van der Waals surface area contributed by atoms with Crippen molar-refractivity contribution in [2.75, 3.05) is 0 Å². The summed E-state index contributed by atoms with van der Waals surface area (Å²) in [6.07, 6.45) is 0.588. The van der Waals surface area contributed by atoms with Crippen molar-refractivity contribution in [3.8, 4) is 0 Å². The predicted molar refractivity (Wildman–Crippen MR) is 79.1 cm³/mol. The van der Waals surface area contributed by atoms with Crippen LogP contribution in [0.3, 0.4) is 0 Å². The van der Waals surface area contributed by atoms with Crippen molar-refractivity contribution in [1.29, 1.82) is 0 Å². The number of aromatic carboxylic acids is 1. The monoisotopic (exact) mass is 289 g/mol. The van der Waals surface area contributed by atoms with E-state index >= 15 is 0 Å². The average Bonchev–Trinajstić information content (AvgIpc) is 2.76. The van der Waals surface area contributed by atoms with Crippen molar-refractivity contribution in [3.63, 3.8) is 0 Å². The van der Waals surface area contributed by atoms with Crippen molar-refractivity contribution in [2.45, 2.75) is 33.2 Å². The summed E-state index contributed by atoms with van der Waals surface area (Å²) in [5.41, 5.74) is 6.69. The minimum Gasteiger partial charge on any atom is -0.478 e. The Hall–Kier alpha value is -2.37. The van der Waals surface area contributed by atoms with E-state index in [1.807, 2.05) is 20.8 Å². The Morgan fingerprint density at radius 2 is 2.05 bits per heavy atom. The van der Waals surface area contributed by atoms with Crippen molar-refractivity contribution in [1.82, 2.24) is 9.55 Å². The van der Waals surface area contributed by atoms with Crippen LogP contribution in [-0.2, 0) is 11.2 Å². The van der Waals surface area contributed by atoms with E-state index in [1.165, 1.54) is 6.07 Å². The Bertz CT molecular complexity index is 703. The number of fused-ring (bicyclic) bond motifs is 1. The highest BCUT2D eigenvalue weighted by Gasteiger charge is 2.28. The highest BCUT2D eigenvalue weighted by Crippen LogP contribution is 2.28. The maximum absolute atomic E-state index is 11.9. The number of carbonyl (C=O) groups is 2. The number of nitrogens with zero attached hydrogens (tertiary/aromatic N) is 2. The Kier molecular flexibility index (Phi) is 3.97. The molecule has 1 heterocycles. The second-order valence-corrected chi connectivity index (χ2v) is 5.32. The third-order valence-electron chi connectivity index (χ3n) is 3.53. The standard InChI is InChI=1S/C15H19N3O3/c1-4-11-17-10-7-5-6-9(15(20)21)13(10)18(11)12(8(2)3)14(16)19/h5-8,12H,4H2,1-3H3,(H2,16,19)(H,20,21). The third-order valence-corrected chi connectivity index (χ3v) is 3.53. The SMILES string of the molecule is CCc1nc2cccc(C(=O)O)c2n1C(C(N)=O)C(C)C. The van der Waals surface area contributed by atoms with Crippen molar-refractivity contribution < 1.29 is 14.7 Å². The highest BCUT2D eigenvalue weighted by molar-refractivity contribution is 6.02. The summed E-state index contributed by atoms with van der Waals surface area (Å²) in [7, 11) is 0. The maximum Gasteiger partial charge on any atom is 0.337 e. The Balaban J connectivity index is 2.87. The lowest BCUT2D eigenvalue weighted by Crippen LogP contribution is -2.31. The minimum atomic E-state index is -1.05. The van der Waals surface area contributed by atoms with Crippen molar-refractivity contribution >= 4 is 22.9 Å². The second-order valence-electron chi connectivity index (χ2n) is 5.32. The van der Waals surface area contributed by atoms with Crippen LogP contribution in [0.25, 0.3) is 11.0 Å². The summed E-state index contributed by atoms with van der Waals surface area (Å²) < 4.78 is 1.69. The van der Waals surface area contributed by atoms with Crippen LogP contribution >= 0.6 is 0 Å². The molecule has 0 fully saturated rings. The number of para-hydroxylation sites is 1. The van der Waals surface area contributed by atoms with Crippen molar-refractivity contribution in [2.24, 2.45) is 11.7 Å². The summed E-state index contributed by atoms with van der Waals surface area (Å²) in [5.74, 6) is -0.932. The number of hydrogen-bond acceptors (Lipinski definition) is 3. The van der Waals surface area contributed by atoms with Gasteiger partial charge in [-0.2, -0.15) is 0 Å². The lowest BCUT2D eigenvalue weighted by molar-refractivity contribution is -0.122. The lowest BCUT2D eigenvalue weighted by atomic mass is 10.0. The fourth-order valence-corrected chi connectivity index (χ4v) is 2.67. The quantitative estimate of drug-likeness (QED) is 0.879. The molecule has 2 aromatic rings. The van der Waals surface area contributed by atoms with Gasteiger partial charge in [0.2, 0.25) is 5.91 Å².